The second-order valence-electron chi connectivity index (χ2n) is 2.90. The molecule has 0 saturated carbocycles. The summed E-state index contributed by atoms with van der Waals surface area (Å²) in [5, 5.41) is 3.11. The number of hydrogen-bond acceptors (Lipinski definition) is 4. The van der Waals surface area contributed by atoms with Gasteiger partial charge in [0.2, 0.25) is 0 Å². The van der Waals surface area contributed by atoms with E-state index in [2.05, 4.69) is 12.6 Å². The molecule has 0 spiro atoms. The second-order valence-corrected chi connectivity index (χ2v) is 4.30. The lowest BCUT2D eigenvalue weighted by Crippen LogP contribution is -1.97. The van der Waals surface area contributed by atoms with Crippen LogP contribution in [0, 0.1) is 0 Å². The first-order valence-electron chi connectivity index (χ1n) is 4.35. The highest BCUT2D eigenvalue weighted by molar-refractivity contribution is 7.80. The highest BCUT2D eigenvalue weighted by Crippen LogP contribution is 2.38. The summed E-state index contributed by atoms with van der Waals surface area (Å²) in [5.74, 6) is 0.729. The van der Waals surface area contributed by atoms with Crippen molar-refractivity contribution in [3.63, 3.8) is 0 Å². The van der Waals surface area contributed by atoms with Crippen molar-refractivity contribution in [2.45, 2.75) is 11.8 Å². The maximum atomic E-state index is 5.97. The van der Waals surface area contributed by atoms with Crippen LogP contribution in [0.15, 0.2) is 22.4 Å². The van der Waals surface area contributed by atoms with Crippen LogP contribution in [-0.4, -0.2) is 6.61 Å². The van der Waals surface area contributed by atoms with E-state index in [1.807, 2.05) is 24.4 Å². The van der Waals surface area contributed by atoms with Crippen molar-refractivity contribution in [2.75, 3.05) is 12.3 Å². The molecule has 0 bridgehead atoms. The molecule has 0 amide bonds. The van der Waals surface area contributed by atoms with Crippen molar-refractivity contribution in [1.29, 1.82) is 0 Å². The van der Waals surface area contributed by atoms with Crippen molar-refractivity contribution >= 4 is 39.7 Å². The van der Waals surface area contributed by atoms with Crippen molar-refractivity contribution in [3.8, 4) is 5.75 Å². The molecule has 2 nitrogen and oxygen atoms in total. The number of thiophene rings is 1. The highest BCUT2D eigenvalue weighted by atomic mass is 32.1. The predicted molar refractivity (Wildman–Crippen MR) is 64.7 cm³/mol. The SMILES string of the molecule is CCOc1cc(S)c2ccsc2c1N. The summed E-state index contributed by atoms with van der Waals surface area (Å²) in [6.07, 6.45) is 0. The summed E-state index contributed by atoms with van der Waals surface area (Å²) < 4.78 is 6.48. The third kappa shape index (κ3) is 1.44. The van der Waals surface area contributed by atoms with Gasteiger partial charge >= 0.3 is 0 Å². The monoisotopic (exact) mass is 225 g/mol. The van der Waals surface area contributed by atoms with E-state index in [1.165, 1.54) is 0 Å². The Hall–Kier alpha value is -0.870. The fourth-order valence-corrected chi connectivity index (χ4v) is 2.64. The molecule has 0 saturated heterocycles. The van der Waals surface area contributed by atoms with Gasteiger partial charge in [0, 0.05) is 10.3 Å². The maximum Gasteiger partial charge on any atom is 0.144 e. The van der Waals surface area contributed by atoms with Crippen LogP contribution >= 0.6 is 24.0 Å². The number of nitrogens with two attached hydrogens (primary N) is 1. The zero-order chi connectivity index (χ0) is 10.1. The molecule has 2 rings (SSSR count). The van der Waals surface area contributed by atoms with Crippen LogP contribution in [0.1, 0.15) is 6.92 Å². The molecule has 0 aliphatic carbocycles. The number of rotatable bonds is 2. The Balaban J connectivity index is 2.68. The molecule has 2 aromatic rings. The molecule has 74 valence electrons. The van der Waals surface area contributed by atoms with Gasteiger partial charge in [0.15, 0.2) is 0 Å². The predicted octanol–water partition coefficient (Wildman–Crippen LogP) is 3.17. The number of fused-ring (bicyclic) bond motifs is 1. The van der Waals surface area contributed by atoms with Crippen LogP contribution in [0.3, 0.4) is 0 Å². The van der Waals surface area contributed by atoms with E-state index in [4.69, 9.17) is 10.5 Å². The first-order chi connectivity index (χ1) is 6.74. The molecule has 0 aliphatic rings. The minimum Gasteiger partial charge on any atom is -0.492 e. The highest BCUT2D eigenvalue weighted by Gasteiger charge is 2.09. The molecule has 0 atom stereocenters. The number of thiol groups is 1. The van der Waals surface area contributed by atoms with E-state index in [-0.39, 0.29) is 0 Å². The van der Waals surface area contributed by atoms with Crippen molar-refractivity contribution in [3.05, 3.63) is 17.5 Å². The Labute approximate surface area is 92.1 Å². The molecule has 0 aliphatic heterocycles. The molecule has 0 fully saturated rings. The maximum absolute atomic E-state index is 5.97. The van der Waals surface area contributed by atoms with E-state index >= 15 is 0 Å². The Morgan fingerprint density at radius 1 is 1.57 bits per heavy atom. The van der Waals surface area contributed by atoms with Crippen molar-refractivity contribution < 1.29 is 4.74 Å². The summed E-state index contributed by atoms with van der Waals surface area (Å²) in [4.78, 5) is 0.916. The third-order valence-corrected chi connectivity index (χ3v) is 3.34. The molecule has 14 heavy (non-hydrogen) atoms. The summed E-state index contributed by atoms with van der Waals surface area (Å²) in [7, 11) is 0. The molecule has 2 N–H and O–H groups in total. The van der Waals surface area contributed by atoms with Crippen LogP contribution in [0.5, 0.6) is 5.75 Å². The van der Waals surface area contributed by atoms with Gasteiger partial charge in [-0.3, -0.25) is 0 Å². The van der Waals surface area contributed by atoms with Gasteiger partial charge in [-0.25, -0.2) is 0 Å². The average molecular weight is 225 g/mol. The molecular formula is C10H11NOS2. The smallest absolute Gasteiger partial charge is 0.144 e. The van der Waals surface area contributed by atoms with Crippen LogP contribution in [0.4, 0.5) is 5.69 Å². The Morgan fingerprint density at radius 3 is 3.07 bits per heavy atom. The van der Waals surface area contributed by atoms with Crippen LogP contribution in [-0.2, 0) is 0 Å². The molecule has 1 heterocycles. The van der Waals surface area contributed by atoms with E-state index in [0.717, 1.165) is 26.4 Å². The fourth-order valence-electron chi connectivity index (χ4n) is 1.39. The van der Waals surface area contributed by atoms with Gasteiger partial charge in [0.05, 0.1) is 17.0 Å². The standard InChI is InChI=1S/C10H11NOS2/c1-2-12-7-5-8(13)6-3-4-14-10(6)9(7)11/h3-5,13H,2,11H2,1H3. The van der Waals surface area contributed by atoms with Crippen LogP contribution in [0.25, 0.3) is 10.1 Å². The molecular weight excluding hydrogens is 214 g/mol. The number of hydrogen-bond donors (Lipinski definition) is 2. The summed E-state index contributed by atoms with van der Waals surface area (Å²) in [6.45, 7) is 2.56. The zero-order valence-corrected chi connectivity index (χ0v) is 9.49. The van der Waals surface area contributed by atoms with Gasteiger partial charge < -0.3 is 10.5 Å². The second kappa shape index (κ2) is 3.71. The normalized spacial score (nSPS) is 10.7. The first kappa shape index (κ1) is 9.68. The molecule has 4 heteroatoms. The zero-order valence-electron chi connectivity index (χ0n) is 7.78. The number of anilines is 1. The topological polar surface area (TPSA) is 35.2 Å². The minimum absolute atomic E-state index is 0.619. The summed E-state index contributed by atoms with van der Waals surface area (Å²) >= 11 is 6.01. The van der Waals surface area contributed by atoms with E-state index in [1.54, 1.807) is 11.3 Å². The van der Waals surface area contributed by atoms with Gasteiger partial charge in [0.25, 0.3) is 0 Å². The van der Waals surface area contributed by atoms with Gasteiger partial charge in [-0.2, -0.15) is 0 Å². The largest absolute Gasteiger partial charge is 0.492 e. The number of ether oxygens (including phenoxy) is 1. The van der Waals surface area contributed by atoms with Gasteiger partial charge in [0.1, 0.15) is 5.75 Å². The Morgan fingerprint density at radius 2 is 2.36 bits per heavy atom. The van der Waals surface area contributed by atoms with Crippen LogP contribution in [0.2, 0.25) is 0 Å². The summed E-state index contributed by atoms with van der Waals surface area (Å²) in [5.41, 5.74) is 6.69. The van der Waals surface area contributed by atoms with Gasteiger partial charge in [-0.05, 0) is 24.4 Å². The van der Waals surface area contributed by atoms with Gasteiger partial charge in [-0.15, -0.1) is 24.0 Å². The Kier molecular flexibility index (Phi) is 2.56. The molecule has 1 aromatic carbocycles. The Bertz CT molecular complexity index is 464. The lowest BCUT2D eigenvalue weighted by atomic mass is 10.2. The molecule has 1 aromatic heterocycles. The lowest BCUT2D eigenvalue weighted by Gasteiger charge is -2.08. The average Bonchev–Trinajstić information content (AvgIpc) is 2.63. The van der Waals surface area contributed by atoms with E-state index in [0.29, 0.717) is 6.61 Å². The summed E-state index contributed by atoms with van der Waals surface area (Å²) in [6, 6.07) is 3.89. The van der Waals surface area contributed by atoms with Crippen molar-refractivity contribution in [2.24, 2.45) is 0 Å². The van der Waals surface area contributed by atoms with E-state index in [9.17, 15) is 0 Å². The third-order valence-electron chi connectivity index (χ3n) is 2.02. The minimum atomic E-state index is 0.619. The number of benzene rings is 1. The molecule has 0 unspecified atom stereocenters. The number of nitrogen functional groups attached to an aromatic ring is 1. The molecule has 0 radical (unpaired) electrons. The van der Waals surface area contributed by atoms with Gasteiger partial charge in [-0.1, -0.05) is 0 Å². The first-order valence-corrected chi connectivity index (χ1v) is 5.68. The quantitative estimate of drug-likeness (QED) is 0.608. The van der Waals surface area contributed by atoms with E-state index < -0.39 is 0 Å². The fraction of sp³-hybridized carbons (Fsp3) is 0.200. The van der Waals surface area contributed by atoms with Crippen LogP contribution < -0.4 is 10.5 Å². The lowest BCUT2D eigenvalue weighted by molar-refractivity contribution is 0.342. The van der Waals surface area contributed by atoms with Crippen molar-refractivity contribution in [1.82, 2.24) is 0 Å².